The fourth-order valence-corrected chi connectivity index (χ4v) is 1.69. The Morgan fingerprint density at radius 2 is 1.95 bits per heavy atom. The normalized spacial score (nSPS) is 11.7. The van der Waals surface area contributed by atoms with Crippen molar-refractivity contribution in [1.29, 1.82) is 0 Å². The van der Waals surface area contributed by atoms with Gasteiger partial charge in [-0.2, -0.15) is 0 Å². The van der Waals surface area contributed by atoms with E-state index in [1.807, 2.05) is 30.3 Å². The molecule has 1 atom stereocenters. The Bertz CT molecular complexity index is 375. The Kier molecular flexibility index (Phi) is 8.80. The Balaban J connectivity index is 2.06. The summed E-state index contributed by atoms with van der Waals surface area (Å²) < 4.78 is 5.46. The molecule has 104 valence electrons. The summed E-state index contributed by atoms with van der Waals surface area (Å²) in [5, 5.41) is 9.70. The average molecular weight is 260 g/mol. The van der Waals surface area contributed by atoms with Gasteiger partial charge in [-0.05, 0) is 12.0 Å². The molecule has 0 aliphatic carbocycles. The van der Waals surface area contributed by atoms with E-state index in [9.17, 15) is 5.11 Å². The zero-order valence-corrected chi connectivity index (χ0v) is 11.8. The van der Waals surface area contributed by atoms with Crippen LogP contribution in [0.15, 0.2) is 30.3 Å². The molecule has 0 radical (unpaired) electrons. The highest BCUT2D eigenvalue weighted by atomic mass is 16.5. The number of hydrogen-bond acceptors (Lipinski definition) is 2. The average Bonchev–Trinajstić information content (AvgIpc) is 2.44. The van der Waals surface area contributed by atoms with Crippen LogP contribution in [0.3, 0.4) is 0 Å². The van der Waals surface area contributed by atoms with Gasteiger partial charge in [0.15, 0.2) is 0 Å². The minimum absolute atomic E-state index is 0.346. The van der Waals surface area contributed by atoms with Gasteiger partial charge in [-0.15, -0.1) is 11.8 Å². The second-order valence-corrected chi connectivity index (χ2v) is 4.67. The third-order valence-electron chi connectivity index (χ3n) is 2.79. The van der Waals surface area contributed by atoms with E-state index in [0.717, 1.165) is 18.4 Å². The number of benzene rings is 1. The second-order valence-electron chi connectivity index (χ2n) is 4.67. The lowest BCUT2D eigenvalue weighted by Gasteiger charge is -2.08. The van der Waals surface area contributed by atoms with Crippen molar-refractivity contribution in [2.75, 3.05) is 6.61 Å². The quantitative estimate of drug-likeness (QED) is 0.572. The van der Waals surface area contributed by atoms with Gasteiger partial charge in [0.1, 0.15) is 0 Å². The van der Waals surface area contributed by atoms with Crippen molar-refractivity contribution in [2.24, 2.45) is 0 Å². The largest absolute Gasteiger partial charge is 0.390 e. The van der Waals surface area contributed by atoms with E-state index >= 15 is 0 Å². The molecule has 0 aliphatic rings. The van der Waals surface area contributed by atoms with Gasteiger partial charge in [-0.25, -0.2) is 0 Å². The zero-order chi connectivity index (χ0) is 13.8. The van der Waals surface area contributed by atoms with E-state index in [0.29, 0.717) is 19.6 Å². The summed E-state index contributed by atoms with van der Waals surface area (Å²) in [5.74, 6) is 6.11. The first-order valence-electron chi connectivity index (χ1n) is 7.08. The van der Waals surface area contributed by atoms with Gasteiger partial charge >= 0.3 is 0 Å². The number of aliphatic hydroxyl groups is 1. The first-order chi connectivity index (χ1) is 9.33. The van der Waals surface area contributed by atoms with Gasteiger partial charge in [-0.3, -0.25) is 0 Å². The SMILES string of the molecule is CCCCCC#CCC(O)COCc1ccccc1. The molecule has 0 spiro atoms. The van der Waals surface area contributed by atoms with E-state index in [1.54, 1.807) is 0 Å². The van der Waals surface area contributed by atoms with Crippen LogP contribution in [0.1, 0.15) is 44.6 Å². The smallest absolute Gasteiger partial charge is 0.0882 e. The van der Waals surface area contributed by atoms with Gasteiger partial charge in [0.25, 0.3) is 0 Å². The van der Waals surface area contributed by atoms with E-state index in [1.165, 1.54) is 12.8 Å². The minimum Gasteiger partial charge on any atom is -0.390 e. The highest BCUT2D eigenvalue weighted by Gasteiger charge is 2.01. The van der Waals surface area contributed by atoms with Crippen molar-refractivity contribution in [1.82, 2.24) is 0 Å². The summed E-state index contributed by atoms with van der Waals surface area (Å²) in [6.07, 6.45) is 4.56. The first-order valence-corrected chi connectivity index (χ1v) is 7.08. The highest BCUT2D eigenvalue weighted by molar-refractivity contribution is 5.13. The van der Waals surface area contributed by atoms with Crippen LogP contribution >= 0.6 is 0 Å². The molecule has 0 fully saturated rings. The van der Waals surface area contributed by atoms with Crippen molar-refractivity contribution in [3.8, 4) is 11.8 Å². The molecule has 2 heteroatoms. The van der Waals surface area contributed by atoms with Crippen molar-refractivity contribution < 1.29 is 9.84 Å². The van der Waals surface area contributed by atoms with Crippen LogP contribution in [0.25, 0.3) is 0 Å². The number of ether oxygens (including phenoxy) is 1. The molecule has 1 N–H and O–H groups in total. The van der Waals surface area contributed by atoms with Crippen LogP contribution in [0, 0.1) is 11.8 Å². The van der Waals surface area contributed by atoms with Gasteiger partial charge in [0.05, 0.1) is 19.3 Å². The Morgan fingerprint density at radius 1 is 1.16 bits per heavy atom. The summed E-state index contributed by atoms with van der Waals surface area (Å²) in [5.41, 5.74) is 1.13. The van der Waals surface area contributed by atoms with Gasteiger partial charge in [0.2, 0.25) is 0 Å². The summed E-state index contributed by atoms with van der Waals surface area (Å²) >= 11 is 0. The third-order valence-corrected chi connectivity index (χ3v) is 2.79. The molecular formula is C17H24O2. The van der Waals surface area contributed by atoms with Gasteiger partial charge in [-0.1, -0.05) is 50.1 Å². The third kappa shape index (κ3) is 8.42. The molecule has 19 heavy (non-hydrogen) atoms. The van der Waals surface area contributed by atoms with Crippen LogP contribution in [0.4, 0.5) is 0 Å². The fourth-order valence-electron chi connectivity index (χ4n) is 1.69. The molecule has 0 saturated carbocycles. The molecule has 0 aromatic heterocycles. The number of hydrogen-bond donors (Lipinski definition) is 1. The molecular weight excluding hydrogens is 236 g/mol. The maximum Gasteiger partial charge on any atom is 0.0882 e. The van der Waals surface area contributed by atoms with Crippen LogP contribution in [-0.2, 0) is 11.3 Å². The second kappa shape index (κ2) is 10.6. The Hall–Kier alpha value is -1.30. The van der Waals surface area contributed by atoms with Gasteiger partial charge < -0.3 is 9.84 Å². The van der Waals surface area contributed by atoms with Crippen molar-refractivity contribution in [2.45, 2.75) is 51.7 Å². The number of rotatable bonds is 8. The van der Waals surface area contributed by atoms with Crippen LogP contribution < -0.4 is 0 Å². The molecule has 0 aliphatic heterocycles. The van der Waals surface area contributed by atoms with E-state index in [-0.39, 0.29) is 0 Å². The predicted molar refractivity (Wildman–Crippen MR) is 78.6 cm³/mol. The first kappa shape index (κ1) is 15.8. The number of aliphatic hydroxyl groups excluding tert-OH is 1. The minimum atomic E-state index is -0.484. The molecule has 2 nitrogen and oxygen atoms in total. The Labute approximate surface area is 116 Å². The summed E-state index contributed by atoms with van der Waals surface area (Å²) in [4.78, 5) is 0. The van der Waals surface area contributed by atoms with Crippen LogP contribution in [0.2, 0.25) is 0 Å². The van der Waals surface area contributed by atoms with E-state index in [4.69, 9.17) is 4.74 Å². The molecule has 1 aromatic rings. The summed E-state index contributed by atoms with van der Waals surface area (Å²) in [7, 11) is 0. The van der Waals surface area contributed by atoms with Crippen LogP contribution in [-0.4, -0.2) is 17.8 Å². The molecule has 0 amide bonds. The fraction of sp³-hybridized carbons (Fsp3) is 0.529. The zero-order valence-electron chi connectivity index (χ0n) is 11.8. The molecule has 1 unspecified atom stereocenters. The maximum atomic E-state index is 9.70. The van der Waals surface area contributed by atoms with Crippen molar-refractivity contribution in [3.63, 3.8) is 0 Å². The summed E-state index contributed by atoms with van der Waals surface area (Å²) in [6, 6.07) is 9.97. The van der Waals surface area contributed by atoms with Crippen molar-refractivity contribution in [3.05, 3.63) is 35.9 Å². The lowest BCUT2D eigenvalue weighted by atomic mass is 10.2. The molecule has 1 aromatic carbocycles. The van der Waals surface area contributed by atoms with E-state index in [2.05, 4.69) is 18.8 Å². The van der Waals surface area contributed by atoms with Gasteiger partial charge in [0, 0.05) is 12.8 Å². The molecule has 0 saturated heterocycles. The Morgan fingerprint density at radius 3 is 2.68 bits per heavy atom. The lowest BCUT2D eigenvalue weighted by molar-refractivity contribution is 0.0311. The topological polar surface area (TPSA) is 29.5 Å². The lowest BCUT2D eigenvalue weighted by Crippen LogP contribution is -2.14. The predicted octanol–water partition coefficient (Wildman–Crippen LogP) is 3.54. The van der Waals surface area contributed by atoms with Crippen molar-refractivity contribution >= 4 is 0 Å². The molecule has 0 heterocycles. The molecule has 0 bridgehead atoms. The van der Waals surface area contributed by atoms with E-state index < -0.39 is 6.10 Å². The summed E-state index contributed by atoms with van der Waals surface area (Å²) in [6.45, 7) is 3.07. The maximum absolute atomic E-state index is 9.70. The monoisotopic (exact) mass is 260 g/mol. The van der Waals surface area contributed by atoms with Crippen LogP contribution in [0.5, 0.6) is 0 Å². The molecule has 1 rings (SSSR count). The number of unbranched alkanes of at least 4 members (excludes halogenated alkanes) is 3. The standard InChI is InChI=1S/C17H24O2/c1-2-3-4-5-6-10-13-17(18)15-19-14-16-11-8-7-9-12-16/h7-9,11-12,17-18H,2-5,13-15H2,1H3. The highest BCUT2D eigenvalue weighted by Crippen LogP contribution is 2.02.